The molecule has 0 saturated heterocycles. The van der Waals surface area contributed by atoms with Gasteiger partial charge < -0.3 is 11.1 Å². The van der Waals surface area contributed by atoms with Crippen LogP contribution in [0, 0.1) is 5.41 Å². The zero-order valence-electron chi connectivity index (χ0n) is 11.0. The normalized spacial score (nSPS) is 13.6. The first-order chi connectivity index (χ1) is 7.56. The molecule has 0 radical (unpaired) electrons. The number of nitrogens with one attached hydrogen (secondary N) is 1. The van der Waals surface area contributed by atoms with Gasteiger partial charge in [0.05, 0.1) is 5.41 Å². The maximum absolute atomic E-state index is 12.1. The molecule has 96 valence electrons. The Bertz CT molecular complexity index is 197. The van der Waals surface area contributed by atoms with Crippen LogP contribution in [0.1, 0.15) is 40.5 Å². The van der Waals surface area contributed by atoms with Gasteiger partial charge in [-0.25, -0.2) is 0 Å². The van der Waals surface area contributed by atoms with Gasteiger partial charge in [-0.2, -0.15) is 11.8 Å². The molecular formula is C12H26N2OS. The molecule has 1 amide bonds. The second kappa shape index (κ2) is 7.96. The number of thioether (sulfide) groups is 1. The fourth-order valence-corrected chi connectivity index (χ4v) is 2.34. The fraction of sp³-hybridized carbons (Fsp3) is 0.917. The lowest BCUT2D eigenvalue weighted by atomic mass is 9.81. The molecule has 0 aliphatic rings. The van der Waals surface area contributed by atoms with Crippen LogP contribution in [-0.4, -0.2) is 30.0 Å². The van der Waals surface area contributed by atoms with Gasteiger partial charge in [0.2, 0.25) is 5.91 Å². The van der Waals surface area contributed by atoms with E-state index in [0.717, 1.165) is 24.3 Å². The van der Waals surface area contributed by atoms with Crippen molar-refractivity contribution >= 4 is 17.7 Å². The molecule has 0 heterocycles. The van der Waals surface area contributed by atoms with Gasteiger partial charge in [0, 0.05) is 18.3 Å². The third-order valence-corrected chi connectivity index (χ3v) is 4.32. The second-order valence-corrected chi connectivity index (χ2v) is 5.54. The van der Waals surface area contributed by atoms with E-state index in [1.165, 1.54) is 0 Å². The zero-order valence-corrected chi connectivity index (χ0v) is 11.8. The molecule has 0 saturated carbocycles. The number of hydrogen-bond donors (Lipinski definition) is 2. The highest BCUT2D eigenvalue weighted by Crippen LogP contribution is 2.25. The minimum Gasteiger partial charge on any atom is -0.352 e. The maximum Gasteiger partial charge on any atom is 0.227 e. The molecule has 0 aromatic carbocycles. The molecule has 3 N–H and O–H groups in total. The van der Waals surface area contributed by atoms with Gasteiger partial charge in [0.15, 0.2) is 0 Å². The Morgan fingerprint density at radius 3 is 2.31 bits per heavy atom. The highest BCUT2D eigenvalue weighted by Gasteiger charge is 2.33. The Kier molecular flexibility index (Phi) is 7.85. The molecule has 0 spiro atoms. The third-order valence-electron chi connectivity index (χ3n) is 3.18. The molecule has 0 aromatic heterocycles. The Balaban J connectivity index is 4.30. The van der Waals surface area contributed by atoms with Gasteiger partial charge in [-0.15, -0.1) is 0 Å². The standard InChI is InChI=1S/C12H26N2OS/c1-5-12(6-2,9-13)11(15)14-10(4)8-16-7-3/h10H,5-9,13H2,1-4H3,(H,14,15). The predicted octanol–water partition coefficient (Wildman–Crippen LogP) is 2.01. The van der Waals surface area contributed by atoms with Crippen LogP contribution in [0.4, 0.5) is 0 Å². The number of carbonyl (C=O) groups excluding carboxylic acids is 1. The smallest absolute Gasteiger partial charge is 0.227 e. The highest BCUT2D eigenvalue weighted by atomic mass is 32.2. The molecule has 0 fully saturated rings. The summed E-state index contributed by atoms with van der Waals surface area (Å²) in [5, 5.41) is 3.07. The lowest BCUT2D eigenvalue weighted by Crippen LogP contribution is -2.48. The van der Waals surface area contributed by atoms with E-state index < -0.39 is 0 Å². The van der Waals surface area contributed by atoms with Crippen molar-refractivity contribution in [3.05, 3.63) is 0 Å². The summed E-state index contributed by atoms with van der Waals surface area (Å²) in [7, 11) is 0. The van der Waals surface area contributed by atoms with Gasteiger partial charge in [-0.3, -0.25) is 4.79 Å². The van der Waals surface area contributed by atoms with E-state index in [-0.39, 0.29) is 17.4 Å². The number of nitrogens with two attached hydrogens (primary N) is 1. The number of amides is 1. The zero-order chi connectivity index (χ0) is 12.6. The third kappa shape index (κ3) is 4.34. The van der Waals surface area contributed by atoms with Crippen LogP contribution in [-0.2, 0) is 4.79 Å². The van der Waals surface area contributed by atoms with Crippen LogP contribution >= 0.6 is 11.8 Å². The Hall–Kier alpha value is -0.220. The van der Waals surface area contributed by atoms with Crippen molar-refractivity contribution in [2.24, 2.45) is 11.1 Å². The van der Waals surface area contributed by atoms with Crippen molar-refractivity contribution in [2.75, 3.05) is 18.1 Å². The molecule has 0 rings (SSSR count). The summed E-state index contributed by atoms with van der Waals surface area (Å²) >= 11 is 1.85. The van der Waals surface area contributed by atoms with E-state index in [1.54, 1.807) is 0 Å². The molecule has 16 heavy (non-hydrogen) atoms. The summed E-state index contributed by atoms with van der Waals surface area (Å²) in [5.74, 6) is 2.17. The van der Waals surface area contributed by atoms with Gasteiger partial charge in [0.1, 0.15) is 0 Å². The van der Waals surface area contributed by atoms with Crippen LogP contribution < -0.4 is 11.1 Å². The van der Waals surface area contributed by atoms with E-state index in [9.17, 15) is 4.79 Å². The molecule has 0 aromatic rings. The Morgan fingerprint density at radius 2 is 1.94 bits per heavy atom. The minimum atomic E-state index is -0.370. The van der Waals surface area contributed by atoms with E-state index in [0.29, 0.717) is 6.54 Å². The van der Waals surface area contributed by atoms with Crippen LogP contribution in [0.2, 0.25) is 0 Å². The average molecular weight is 246 g/mol. The van der Waals surface area contributed by atoms with Gasteiger partial charge in [-0.1, -0.05) is 20.8 Å². The predicted molar refractivity (Wildman–Crippen MR) is 72.7 cm³/mol. The average Bonchev–Trinajstić information content (AvgIpc) is 2.29. The molecule has 0 aliphatic heterocycles. The largest absolute Gasteiger partial charge is 0.352 e. The van der Waals surface area contributed by atoms with Gasteiger partial charge in [-0.05, 0) is 25.5 Å². The minimum absolute atomic E-state index is 0.115. The Labute approximate surface area is 104 Å². The first-order valence-electron chi connectivity index (χ1n) is 6.15. The number of rotatable bonds is 8. The van der Waals surface area contributed by atoms with E-state index in [2.05, 4.69) is 12.2 Å². The second-order valence-electron chi connectivity index (χ2n) is 4.23. The summed E-state index contributed by atoms with van der Waals surface area (Å²) < 4.78 is 0. The number of hydrogen-bond acceptors (Lipinski definition) is 3. The van der Waals surface area contributed by atoms with E-state index in [1.807, 2.05) is 32.5 Å². The number of carbonyl (C=O) groups is 1. The van der Waals surface area contributed by atoms with E-state index >= 15 is 0 Å². The molecule has 1 unspecified atom stereocenters. The van der Waals surface area contributed by atoms with Crippen LogP contribution in [0.25, 0.3) is 0 Å². The molecule has 4 heteroatoms. The van der Waals surface area contributed by atoms with E-state index in [4.69, 9.17) is 5.73 Å². The van der Waals surface area contributed by atoms with Gasteiger partial charge in [0.25, 0.3) is 0 Å². The summed E-state index contributed by atoms with van der Waals surface area (Å²) in [5.41, 5.74) is 5.37. The van der Waals surface area contributed by atoms with Crippen LogP contribution in [0.3, 0.4) is 0 Å². The van der Waals surface area contributed by atoms with Crippen molar-refractivity contribution < 1.29 is 4.79 Å². The van der Waals surface area contributed by atoms with Crippen LogP contribution in [0.5, 0.6) is 0 Å². The summed E-state index contributed by atoms with van der Waals surface area (Å²) in [4.78, 5) is 12.1. The monoisotopic (exact) mass is 246 g/mol. The highest BCUT2D eigenvalue weighted by molar-refractivity contribution is 7.99. The maximum atomic E-state index is 12.1. The lowest BCUT2D eigenvalue weighted by Gasteiger charge is -2.30. The van der Waals surface area contributed by atoms with Crippen molar-refractivity contribution in [2.45, 2.75) is 46.6 Å². The summed E-state index contributed by atoms with van der Waals surface area (Å²) in [6, 6.07) is 0.224. The summed E-state index contributed by atoms with van der Waals surface area (Å²) in [6.45, 7) is 8.66. The van der Waals surface area contributed by atoms with Crippen molar-refractivity contribution in [1.82, 2.24) is 5.32 Å². The van der Waals surface area contributed by atoms with Crippen molar-refractivity contribution in [1.29, 1.82) is 0 Å². The molecule has 0 bridgehead atoms. The van der Waals surface area contributed by atoms with Crippen LogP contribution in [0.15, 0.2) is 0 Å². The SMILES string of the molecule is CCSCC(C)NC(=O)C(CC)(CC)CN. The quantitative estimate of drug-likeness (QED) is 0.689. The van der Waals surface area contributed by atoms with Gasteiger partial charge >= 0.3 is 0 Å². The molecular weight excluding hydrogens is 220 g/mol. The first-order valence-corrected chi connectivity index (χ1v) is 7.30. The molecule has 1 atom stereocenters. The topological polar surface area (TPSA) is 55.1 Å². The molecule has 3 nitrogen and oxygen atoms in total. The Morgan fingerprint density at radius 1 is 1.38 bits per heavy atom. The first kappa shape index (κ1) is 15.8. The van der Waals surface area contributed by atoms with Crippen molar-refractivity contribution in [3.63, 3.8) is 0 Å². The van der Waals surface area contributed by atoms with Crippen molar-refractivity contribution in [3.8, 4) is 0 Å². The summed E-state index contributed by atoms with van der Waals surface area (Å²) in [6.07, 6.45) is 1.61. The lowest BCUT2D eigenvalue weighted by molar-refractivity contribution is -0.131. The molecule has 0 aliphatic carbocycles. The fourth-order valence-electron chi connectivity index (χ4n) is 1.67.